The van der Waals surface area contributed by atoms with Gasteiger partial charge in [0.05, 0.1) is 22.5 Å². The van der Waals surface area contributed by atoms with E-state index in [1.54, 1.807) is 19.4 Å². The van der Waals surface area contributed by atoms with Gasteiger partial charge in [-0.15, -0.1) is 0 Å². The van der Waals surface area contributed by atoms with Crippen LogP contribution >= 0.6 is 11.6 Å². The minimum atomic E-state index is -0.418. The van der Waals surface area contributed by atoms with Crippen molar-refractivity contribution in [2.24, 2.45) is 17.8 Å². The van der Waals surface area contributed by atoms with E-state index in [4.69, 9.17) is 16.6 Å². The fourth-order valence-corrected chi connectivity index (χ4v) is 6.30. The zero-order chi connectivity index (χ0) is 22.7. The number of amides is 1. The van der Waals surface area contributed by atoms with Crippen molar-refractivity contribution in [3.63, 3.8) is 0 Å². The number of hydrogen-bond donors (Lipinski definition) is 2. The van der Waals surface area contributed by atoms with Crippen molar-refractivity contribution >= 4 is 39.6 Å². The van der Waals surface area contributed by atoms with Crippen LogP contribution in [0.3, 0.4) is 0 Å². The maximum Gasteiger partial charge on any atom is 0.224 e. The standard InChI is InChI=1S/C24H24ClFN6O/c1-27-24(33)16-6-12-3-2-4-13(5-12)20(16)32-11-19(25)18-10-30-22(31-23(18)32)17-9-29-21-15(17)7-14(26)8-28-21/h7-13,16,20H,2-6H2,1H3,(H,27,33)(H,28,29)/t12?,13?,16-,20-/m0/s1. The van der Waals surface area contributed by atoms with Gasteiger partial charge in [0.1, 0.15) is 17.1 Å². The maximum absolute atomic E-state index is 13.9. The monoisotopic (exact) mass is 466 g/mol. The number of carbonyl (C=O) groups is 1. The SMILES string of the molecule is CNC(=O)[C@H]1CC2CCCC(C2)[C@@H]1n1cc(Cl)c2cnc(-c3c[nH]c4ncc(F)cc34)nc21. The number of carbonyl (C=O) groups excluding carboxylic acids is 1. The molecule has 0 spiro atoms. The highest BCUT2D eigenvalue weighted by Gasteiger charge is 2.44. The van der Waals surface area contributed by atoms with Crippen LogP contribution < -0.4 is 5.32 Å². The molecular formula is C24H24ClFN6O. The molecule has 9 heteroatoms. The Bertz CT molecular complexity index is 1380. The molecule has 0 aromatic carbocycles. The Labute approximate surface area is 194 Å². The van der Waals surface area contributed by atoms with Gasteiger partial charge in [-0.1, -0.05) is 24.4 Å². The Hall–Kier alpha value is -3.00. The second-order valence-electron chi connectivity index (χ2n) is 9.31. The van der Waals surface area contributed by atoms with E-state index in [0.29, 0.717) is 44.9 Å². The Morgan fingerprint density at radius 1 is 1.24 bits per heavy atom. The summed E-state index contributed by atoms with van der Waals surface area (Å²) in [5.41, 5.74) is 1.95. The lowest BCUT2D eigenvalue weighted by Gasteiger charge is -2.45. The van der Waals surface area contributed by atoms with Crippen LogP contribution in [0, 0.1) is 23.6 Å². The van der Waals surface area contributed by atoms with Gasteiger partial charge in [-0.25, -0.2) is 19.3 Å². The van der Waals surface area contributed by atoms with Gasteiger partial charge in [-0.2, -0.15) is 0 Å². The fraction of sp³-hybridized carbons (Fsp3) is 0.417. The van der Waals surface area contributed by atoms with E-state index >= 15 is 0 Å². The summed E-state index contributed by atoms with van der Waals surface area (Å²) in [4.78, 5) is 29.5. The average molecular weight is 467 g/mol. The maximum atomic E-state index is 13.9. The smallest absolute Gasteiger partial charge is 0.224 e. The highest BCUT2D eigenvalue weighted by atomic mass is 35.5. The molecule has 0 saturated heterocycles. The molecule has 2 fully saturated rings. The zero-order valence-corrected chi connectivity index (χ0v) is 18.9. The van der Waals surface area contributed by atoms with Gasteiger partial charge in [-0.3, -0.25) is 4.79 Å². The van der Waals surface area contributed by atoms with Gasteiger partial charge in [0, 0.05) is 42.6 Å². The molecule has 4 atom stereocenters. The third-order valence-corrected chi connectivity index (χ3v) is 7.77. The van der Waals surface area contributed by atoms with Gasteiger partial charge in [-0.05, 0) is 37.2 Å². The van der Waals surface area contributed by atoms with Crippen LogP contribution in [0.25, 0.3) is 33.5 Å². The molecule has 2 aliphatic carbocycles. The molecule has 7 nitrogen and oxygen atoms in total. The number of halogens is 2. The largest absolute Gasteiger partial charge is 0.359 e. The summed E-state index contributed by atoms with van der Waals surface area (Å²) in [7, 11) is 1.70. The van der Waals surface area contributed by atoms with Gasteiger partial charge in [0.2, 0.25) is 5.91 Å². The molecule has 4 aromatic rings. The number of hydrogen-bond acceptors (Lipinski definition) is 4. The predicted octanol–water partition coefficient (Wildman–Crippen LogP) is 4.88. The summed E-state index contributed by atoms with van der Waals surface area (Å²) in [6.45, 7) is 0. The summed E-state index contributed by atoms with van der Waals surface area (Å²) in [5, 5.41) is 4.81. The molecule has 1 amide bonds. The third-order valence-electron chi connectivity index (χ3n) is 7.47. The van der Waals surface area contributed by atoms with Crippen molar-refractivity contribution in [2.45, 2.75) is 38.1 Å². The zero-order valence-electron chi connectivity index (χ0n) is 18.2. The van der Waals surface area contributed by atoms with Crippen molar-refractivity contribution in [2.75, 3.05) is 7.05 Å². The van der Waals surface area contributed by atoms with E-state index in [-0.39, 0.29) is 17.9 Å². The summed E-state index contributed by atoms with van der Waals surface area (Å²) < 4.78 is 16.0. The van der Waals surface area contributed by atoms with Crippen molar-refractivity contribution in [3.05, 3.63) is 41.7 Å². The molecule has 0 aliphatic heterocycles. The molecule has 33 heavy (non-hydrogen) atoms. The van der Waals surface area contributed by atoms with Crippen LogP contribution in [0.4, 0.5) is 4.39 Å². The molecule has 2 bridgehead atoms. The molecule has 4 aromatic heterocycles. The molecule has 170 valence electrons. The van der Waals surface area contributed by atoms with E-state index in [9.17, 15) is 9.18 Å². The number of rotatable bonds is 3. The first-order valence-electron chi connectivity index (χ1n) is 11.4. The van der Waals surface area contributed by atoms with Gasteiger partial charge >= 0.3 is 0 Å². The topological polar surface area (TPSA) is 88.5 Å². The lowest BCUT2D eigenvalue weighted by Crippen LogP contribution is -2.44. The predicted molar refractivity (Wildman–Crippen MR) is 124 cm³/mol. The molecule has 0 radical (unpaired) electrons. The molecule has 2 aliphatic rings. The lowest BCUT2D eigenvalue weighted by atomic mass is 9.65. The Morgan fingerprint density at radius 2 is 2.12 bits per heavy atom. The van der Waals surface area contributed by atoms with E-state index in [1.165, 1.54) is 25.1 Å². The first-order chi connectivity index (χ1) is 16.0. The molecule has 4 heterocycles. The average Bonchev–Trinajstić information content (AvgIpc) is 3.38. The number of fused-ring (bicyclic) bond motifs is 4. The van der Waals surface area contributed by atoms with E-state index in [0.717, 1.165) is 24.6 Å². The molecular weight excluding hydrogens is 443 g/mol. The molecule has 2 N–H and O–H groups in total. The normalized spacial score (nSPS) is 24.9. The number of aromatic amines is 1. The van der Waals surface area contributed by atoms with Crippen molar-refractivity contribution < 1.29 is 9.18 Å². The number of pyridine rings is 1. The number of aromatic nitrogens is 5. The highest BCUT2D eigenvalue weighted by Crippen LogP contribution is 2.50. The van der Waals surface area contributed by atoms with Crippen molar-refractivity contribution in [1.82, 2.24) is 29.8 Å². The van der Waals surface area contributed by atoms with Gasteiger partial charge in [0.25, 0.3) is 0 Å². The molecule has 2 unspecified atom stereocenters. The molecule has 6 rings (SSSR count). The summed E-state index contributed by atoms with van der Waals surface area (Å²) >= 11 is 6.62. The Balaban J connectivity index is 1.51. The van der Waals surface area contributed by atoms with Gasteiger partial charge in [0.15, 0.2) is 5.82 Å². The second kappa shape index (κ2) is 7.80. The summed E-state index contributed by atoms with van der Waals surface area (Å²) in [6, 6.07) is 1.42. The van der Waals surface area contributed by atoms with Crippen LogP contribution in [0.2, 0.25) is 5.02 Å². The first-order valence-corrected chi connectivity index (χ1v) is 11.8. The first kappa shape index (κ1) is 20.6. The fourth-order valence-electron chi connectivity index (χ4n) is 6.06. The van der Waals surface area contributed by atoms with Crippen LogP contribution in [-0.2, 0) is 4.79 Å². The minimum Gasteiger partial charge on any atom is -0.359 e. The Morgan fingerprint density at radius 3 is 2.97 bits per heavy atom. The highest BCUT2D eigenvalue weighted by molar-refractivity contribution is 6.35. The summed E-state index contributed by atoms with van der Waals surface area (Å²) in [5.74, 6) is 0.983. The third kappa shape index (κ3) is 3.30. The second-order valence-corrected chi connectivity index (χ2v) is 9.71. The lowest BCUT2D eigenvalue weighted by molar-refractivity contribution is -0.129. The quantitative estimate of drug-likeness (QED) is 0.450. The van der Waals surface area contributed by atoms with Crippen LogP contribution in [-0.4, -0.2) is 37.5 Å². The number of nitrogens with one attached hydrogen (secondary N) is 2. The molecule has 2 saturated carbocycles. The van der Waals surface area contributed by atoms with Crippen LogP contribution in [0.5, 0.6) is 0 Å². The minimum absolute atomic E-state index is 0.0127. The summed E-state index contributed by atoms with van der Waals surface area (Å²) in [6.07, 6.45) is 12.0. The van der Waals surface area contributed by atoms with Crippen LogP contribution in [0.1, 0.15) is 38.1 Å². The number of H-pyrrole nitrogens is 1. The van der Waals surface area contributed by atoms with Crippen LogP contribution in [0.15, 0.2) is 30.9 Å². The van der Waals surface area contributed by atoms with E-state index < -0.39 is 5.82 Å². The Kier molecular flexibility index (Phi) is 4.87. The van der Waals surface area contributed by atoms with Crippen molar-refractivity contribution in [3.8, 4) is 11.4 Å². The number of nitrogens with zero attached hydrogens (tertiary/aromatic N) is 4. The van der Waals surface area contributed by atoms with E-state index in [1.807, 2.05) is 6.20 Å². The van der Waals surface area contributed by atoms with E-state index in [2.05, 4.69) is 24.8 Å². The van der Waals surface area contributed by atoms with Crippen molar-refractivity contribution in [1.29, 1.82) is 0 Å². The van der Waals surface area contributed by atoms with Gasteiger partial charge < -0.3 is 14.9 Å².